The molecule has 4 rings (SSSR count). The second kappa shape index (κ2) is 6.97. The van der Waals surface area contributed by atoms with E-state index in [0.717, 1.165) is 0 Å². The van der Waals surface area contributed by atoms with Crippen LogP contribution in [-0.2, 0) is 9.47 Å². The maximum Gasteiger partial charge on any atom is 0.338 e. The quantitative estimate of drug-likeness (QED) is 0.514. The minimum Gasteiger partial charge on any atom is -0.459 e. The third-order valence-electron chi connectivity index (χ3n) is 4.13. The summed E-state index contributed by atoms with van der Waals surface area (Å²) in [6.07, 6.45) is 0.0429. The van der Waals surface area contributed by atoms with Crippen molar-refractivity contribution in [2.45, 2.75) is 24.9 Å². The summed E-state index contributed by atoms with van der Waals surface area (Å²) < 4.78 is 26.9. The third-order valence-corrected chi connectivity index (χ3v) is 4.40. The maximum atomic E-state index is 14.5. The molecule has 1 fully saturated rings. The van der Waals surface area contributed by atoms with Gasteiger partial charge in [-0.3, -0.25) is 4.57 Å². The summed E-state index contributed by atoms with van der Waals surface area (Å²) in [4.78, 5) is 24.0. The van der Waals surface area contributed by atoms with Crippen molar-refractivity contribution in [1.29, 1.82) is 0 Å². The Morgan fingerprint density at radius 3 is 2.92 bits per heavy atom. The molecule has 2 aromatic heterocycles. The number of esters is 1. The summed E-state index contributed by atoms with van der Waals surface area (Å²) in [5.74, 6) is -0.472. The van der Waals surface area contributed by atoms with E-state index in [1.807, 2.05) is 0 Å². The molecule has 3 heterocycles. The highest BCUT2D eigenvalue weighted by molar-refractivity contribution is 6.33. The van der Waals surface area contributed by atoms with Crippen LogP contribution in [0.4, 0.5) is 4.39 Å². The topological polar surface area (TPSA) is 79.1 Å². The highest BCUT2D eigenvalue weighted by Gasteiger charge is 2.38. The number of aromatic nitrogens is 4. The molecular weight excluding hydrogens is 363 g/mol. The zero-order chi connectivity index (χ0) is 18.1. The molecule has 9 heteroatoms. The number of fused-ring (bicyclic) bond motifs is 1. The van der Waals surface area contributed by atoms with Gasteiger partial charge in [0.1, 0.15) is 24.6 Å². The van der Waals surface area contributed by atoms with Crippen LogP contribution in [0.15, 0.2) is 43.0 Å². The zero-order valence-corrected chi connectivity index (χ0v) is 14.2. The van der Waals surface area contributed by atoms with Gasteiger partial charge in [0.2, 0.25) is 0 Å². The first kappa shape index (κ1) is 16.9. The molecule has 1 aliphatic heterocycles. The van der Waals surface area contributed by atoms with Crippen molar-refractivity contribution in [2.75, 3.05) is 6.61 Å². The number of carbonyl (C=O) groups is 1. The number of nitrogens with zero attached hydrogens (tertiary/aromatic N) is 4. The Morgan fingerprint density at radius 2 is 2.12 bits per heavy atom. The van der Waals surface area contributed by atoms with Crippen molar-refractivity contribution in [3.05, 3.63) is 53.7 Å². The Kier molecular flexibility index (Phi) is 4.52. The molecule has 0 unspecified atom stereocenters. The van der Waals surface area contributed by atoms with E-state index in [1.165, 1.54) is 17.2 Å². The van der Waals surface area contributed by atoms with E-state index in [4.69, 9.17) is 21.1 Å². The minimum absolute atomic E-state index is 0.0347. The van der Waals surface area contributed by atoms with Crippen molar-refractivity contribution in [3.63, 3.8) is 0 Å². The smallest absolute Gasteiger partial charge is 0.338 e. The molecule has 0 N–H and O–H groups in total. The van der Waals surface area contributed by atoms with E-state index in [-0.39, 0.29) is 18.2 Å². The van der Waals surface area contributed by atoms with Crippen molar-refractivity contribution in [3.8, 4) is 0 Å². The molecule has 134 valence electrons. The second-order valence-electron chi connectivity index (χ2n) is 5.85. The van der Waals surface area contributed by atoms with E-state index in [0.29, 0.717) is 16.7 Å². The molecule has 0 aliphatic carbocycles. The minimum atomic E-state index is -1.29. The number of ether oxygens (including phenoxy) is 2. The Bertz CT molecular complexity index is 936. The van der Waals surface area contributed by atoms with Gasteiger partial charge in [-0.2, -0.15) is 0 Å². The van der Waals surface area contributed by atoms with E-state index in [9.17, 15) is 9.18 Å². The van der Waals surface area contributed by atoms with Gasteiger partial charge in [0, 0.05) is 6.42 Å². The van der Waals surface area contributed by atoms with E-state index in [1.54, 1.807) is 30.3 Å². The molecule has 0 spiro atoms. The van der Waals surface area contributed by atoms with Gasteiger partial charge in [-0.25, -0.2) is 24.1 Å². The number of imidazole rings is 1. The average Bonchev–Trinajstić information content (AvgIpc) is 3.24. The Hall–Kier alpha value is -2.58. The van der Waals surface area contributed by atoms with Gasteiger partial charge < -0.3 is 9.47 Å². The van der Waals surface area contributed by atoms with Gasteiger partial charge in [-0.05, 0) is 12.1 Å². The van der Waals surface area contributed by atoms with Crippen LogP contribution in [0.2, 0.25) is 5.15 Å². The fraction of sp³-hybridized carbons (Fsp3) is 0.294. The van der Waals surface area contributed by atoms with E-state index < -0.39 is 24.5 Å². The SMILES string of the molecule is O=C(OC[C@@H]1C[C@@H](F)[C@H](n2cnc3c(Cl)ncnc32)O1)c1ccccc1. The van der Waals surface area contributed by atoms with Gasteiger partial charge >= 0.3 is 5.97 Å². The Morgan fingerprint density at radius 1 is 1.31 bits per heavy atom. The first-order valence-corrected chi connectivity index (χ1v) is 8.36. The van der Waals surface area contributed by atoms with E-state index >= 15 is 0 Å². The summed E-state index contributed by atoms with van der Waals surface area (Å²) in [5.41, 5.74) is 1.20. The van der Waals surface area contributed by atoms with Crippen LogP contribution in [0.25, 0.3) is 11.2 Å². The number of alkyl halides is 1. The lowest BCUT2D eigenvalue weighted by atomic mass is 10.2. The highest BCUT2D eigenvalue weighted by atomic mass is 35.5. The summed E-state index contributed by atoms with van der Waals surface area (Å²) >= 11 is 5.97. The van der Waals surface area contributed by atoms with Crippen LogP contribution in [0.1, 0.15) is 23.0 Å². The summed E-state index contributed by atoms with van der Waals surface area (Å²) in [7, 11) is 0. The van der Waals surface area contributed by atoms with Crippen LogP contribution < -0.4 is 0 Å². The van der Waals surface area contributed by atoms with Gasteiger partial charge in [0.15, 0.2) is 17.0 Å². The van der Waals surface area contributed by atoms with E-state index in [2.05, 4.69) is 15.0 Å². The van der Waals surface area contributed by atoms with Crippen LogP contribution in [0.5, 0.6) is 0 Å². The molecule has 1 saturated heterocycles. The first-order chi connectivity index (χ1) is 12.6. The molecule has 26 heavy (non-hydrogen) atoms. The average molecular weight is 377 g/mol. The van der Waals surface area contributed by atoms with Crippen molar-refractivity contribution in [2.24, 2.45) is 0 Å². The Labute approximate surface area is 152 Å². The highest BCUT2D eigenvalue weighted by Crippen LogP contribution is 2.34. The molecule has 0 saturated carbocycles. The lowest BCUT2D eigenvalue weighted by Gasteiger charge is -2.16. The molecule has 0 amide bonds. The summed E-state index contributed by atoms with van der Waals surface area (Å²) in [6, 6.07) is 8.60. The number of hydrogen-bond donors (Lipinski definition) is 0. The monoisotopic (exact) mass is 376 g/mol. The van der Waals surface area contributed by atoms with Crippen LogP contribution in [0.3, 0.4) is 0 Å². The van der Waals surface area contributed by atoms with Crippen molar-refractivity contribution < 1.29 is 18.7 Å². The second-order valence-corrected chi connectivity index (χ2v) is 6.21. The molecule has 3 atom stereocenters. The molecular formula is C17H14ClFN4O3. The predicted molar refractivity (Wildman–Crippen MR) is 90.5 cm³/mol. The molecule has 7 nitrogen and oxygen atoms in total. The lowest BCUT2D eigenvalue weighted by molar-refractivity contribution is -0.0420. The third kappa shape index (κ3) is 3.13. The number of hydrogen-bond acceptors (Lipinski definition) is 6. The molecule has 0 bridgehead atoms. The van der Waals surface area contributed by atoms with Gasteiger partial charge in [-0.15, -0.1) is 0 Å². The maximum absolute atomic E-state index is 14.5. The largest absolute Gasteiger partial charge is 0.459 e. The van der Waals surface area contributed by atoms with Crippen LogP contribution in [0, 0.1) is 0 Å². The summed E-state index contributed by atoms with van der Waals surface area (Å²) in [5, 5.41) is 0.190. The number of rotatable bonds is 4. The zero-order valence-electron chi connectivity index (χ0n) is 13.5. The predicted octanol–water partition coefficient (Wildman–Crippen LogP) is 2.96. The fourth-order valence-electron chi connectivity index (χ4n) is 2.89. The van der Waals surface area contributed by atoms with Crippen LogP contribution >= 0.6 is 11.6 Å². The van der Waals surface area contributed by atoms with Gasteiger partial charge in [0.05, 0.1) is 18.0 Å². The normalized spacial score (nSPS) is 22.6. The molecule has 0 radical (unpaired) electrons. The Balaban J connectivity index is 1.44. The number of halogens is 2. The molecule has 3 aromatic rings. The summed E-state index contributed by atoms with van der Waals surface area (Å²) in [6.45, 7) is -0.0347. The fourth-order valence-corrected chi connectivity index (χ4v) is 3.07. The van der Waals surface area contributed by atoms with Crippen molar-refractivity contribution >= 4 is 28.7 Å². The molecule has 1 aliphatic rings. The van der Waals surface area contributed by atoms with Gasteiger partial charge in [-0.1, -0.05) is 29.8 Å². The number of carbonyl (C=O) groups excluding carboxylic acids is 1. The lowest BCUT2D eigenvalue weighted by Crippen LogP contribution is -2.19. The van der Waals surface area contributed by atoms with Gasteiger partial charge in [0.25, 0.3) is 0 Å². The van der Waals surface area contributed by atoms with Crippen LogP contribution in [-0.4, -0.2) is 44.4 Å². The molecule has 1 aromatic carbocycles. The standard InChI is InChI=1S/C17H14ClFN4O3/c18-14-13-15(21-8-20-14)23(9-22-13)16-12(19)6-11(26-16)7-25-17(24)10-4-2-1-3-5-10/h1-5,8-9,11-12,16H,6-7H2/t11-,12+,16+/m0/s1. The first-order valence-electron chi connectivity index (χ1n) is 7.98. The number of benzene rings is 1. The van der Waals surface area contributed by atoms with Crippen molar-refractivity contribution in [1.82, 2.24) is 19.5 Å².